The Labute approximate surface area is 300 Å². The number of benzene rings is 7. The van der Waals surface area contributed by atoms with Crippen molar-refractivity contribution in [3.05, 3.63) is 182 Å². The van der Waals surface area contributed by atoms with Crippen LogP contribution in [0.1, 0.15) is 0 Å². The molecule has 51 heavy (non-hydrogen) atoms. The van der Waals surface area contributed by atoms with Crippen LogP contribution >= 0.6 is 0 Å². The minimum Gasteiger partial charge on any atom is -0.228 e. The number of hydrogen-bond donors (Lipinski definition) is 0. The first-order chi connectivity index (χ1) is 25.0. The first kappa shape index (κ1) is 30.9. The molecule has 2 heterocycles. The molecule has 8 aromatic rings. The van der Waals surface area contributed by atoms with E-state index in [0.29, 0.717) is 5.82 Å². The molecule has 0 spiro atoms. The molecule has 0 atom stereocenters. The molecule has 1 aromatic heterocycles. The molecular weight excluding hydrogens is 633 g/mol. The third-order valence-electron chi connectivity index (χ3n) is 10.3. The smallest absolute Gasteiger partial charge is 0.160 e. The molecule has 2 nitrogen and oxygen atoms in total. The van der Waals surface area contributed by atoms with Crippen LogP contribution in [0.15, 0.2) is 182 Å². The summed E-state index contributed by atoms with van der Waals surface area (Å²) in [5.74, 6) is 0.717. The molecule has 0 radical (unpaired) electrons. The van der Waals surface area contributed by atoms with E-state index >= 15 is 0 Å². The van der Waals surface area contributed by atoms with Crippen molar-refractivity contribution in [3.63, 3.8) is 0 Å². The molecule has 0 bridgehead atoms. The van der Waals surface area contributed by atoms with E-state index in [2.05, 4.69) is 159 Å². The minimum absolute atomic E-state index is 0.717. The van der Waals surface area contributed by atoms with Gasteiger partial charge in [-0.05, 0) is 67.0 Å². The van der Waals surface area contributed by atoms with Gasteiger partial charge in [0.05, 0.1) is 11.4 Å². The van der Waals surface area contributed by atoms with Gasteiger partial charge in [0, 0.05) is 16.7 Å². The summed E-state index contributed by atoms with van der Waals surface area (Å²) in [6.07, 6.45) is 0. The van der Waals surface area contributed by atoms with E-state index in [1.54, 1.807) is 5.19 Å². The zero-order valence-corrected chi connectivity index (χ0v) is 29.7. The molecule has 0 aliphatic carbocycles. The molecule has 9 rings (SSSR count). The Hall–Kier alpha value is -6.16. The van der Waals surface area contributed by atoms with Crippen molar-refractivity contribution in [1.82, 2.24) is 9.97 Å². The minimum atomic E-state index is -1.71. The molecule has 0 saturated carbocycles. The Morgan fingerprint density at radius 2 is 0.784 bits per heavy atom. The summed E-state index contributed by atoms with van der Waals surface area (Å²) >= 11 is 0. The van der Waals surface area contributed by atoms with Crippen molar-refractivity contribution in [2.24, 2.45) is 0 Å². The SMILES string of the molecule is C[Si]1(C)c2ccccc2-c2c(-c3ccc(-c4cccc(-c5ccc(-c6nc(-c7ccccc7)cc(-c7ccccc7)n6)cc5)c4)cc3)cccc21. The topological polar surface area (TPSA) is 25.8 Å². The summed E-state index contributed by atoms with van der Waals surface area (Å²) in [5, 5.41) is 3.08. The standard InChI is InChI=1S/C48H36N2Si/c1-51(2)45-21-10-9-19-42(45)47-41(20-12-22-46(47)51)35-27-23-33(24-28-35)39-17-11-18-40(31-39)34-25-29-38(30-26-34)48-49-43(36-13-5-3-6-14-36)32-44(50-48)37-15-7-4-8-16-37/h3-32H,1-2H3. The van der Waals surface area contributed by atoms with Crippen LogP contribution in [-0.4, -0.2) is 18.0 Å². The average Bonchev–Trinajstić information content (AvgIpc) is 3.44. The fourth-order valence-corrected chi connectivity index (χ4v) is 10.7. The molecule has 1 aliphatic heterocycles. The van der Waals surface area contributed by atoms with Crippen molar-refractivity contribution in [1.29, 1.82) is 0 Å². The first-order valence-corrected chi connectivity index (χ1v) is 20.6. The number of rotatable bonds is 6. The first-order valence-electron chi connectivity index (χ1n) is 17.6. The Balaban J connectivity index is 1.01. The maximum Gasteiger partial charge on any atom is 0.160 e. The molecule has 0 unspecified atom stereocenters. The molecule has 0 saturated heterocycles. The second kappa shape index (κ2) is 12.6. The Morgan fingerprint density at radius 1 is 0.333 bits per heavy atom. The van der Waals surface area contributed by atoms with Gasteiger partial charge in [-0.25, -0.2) is 9.97 Å². The summed E-state index contributed by atoms with van der Waals surface area (Å²) in [7, 11) is -1.71. The number of fused-ring (bicyclic) bond motifs is 3. The lowest BCUT2D eigenvalue weighted by molar-refractivity contribution is 1.18. The molecule has 1 aliphatic rings. The van der Waals surface area contributed by atoms with E-state index in [4.69, 9.17) is 9.97 Å². The van der Waals surface area contributed by atoms with Crippen molar-refractivity contribution in [2.75, 3.05) is 0 Å². The van der Waals surface area contributed by atoms with Gasteiger partial charge < -0.3 is 0 Å². The van der Waals surface area contributed by atoms with Gasteiger partial charge in [-0.3, -0.25) is 0 Å². The molecule has 7 aromatic carbocycles. The third-order valence-corrected chi connectivity index (χ3v) is 13.9. The van der Waals surface area contributed by atoms with Gasteiger partial charge in [-0.2, -0.15) is 0 Å². The van der Waals surface area contributed by atoms with Crippen molar-refractivity contribution in [3.8, 4) is 78.4 Å². The largest absolute Gasteiger partial charge is 0.228 e. The number of hydrogen-bond acceptors (Lipinski definition) is 2. The lowest BCUT2D eigenvalue weighted by Gasteiger charge is -2.19. The quantitative estimate of drug-likeness (QED) is 0.165. The van der Waals surface area contributed by atoms with E-state index in [1.165, 1.54) is 44.1 Å². The molecule has 0 fully saturated rings. The maximum atomic E-state index is 5.01. The highest BCUT2D eigenvalue weighted by molar-refractivity contribution is 7.04. The van der Waals surface area contributed by atoms with E-state index in [0.717, 1.165) is 33.6 Å². The average molecular weight is 669 g/mol. The van der Waals surface area contributed by atoms with Crippen molar-refractivity contribution in [2.45, 2.75) is 13.1 Å². The highest BCUT2D eigenvalue weighted by Crippen LogP contribution is 2.37. The summed E-state index contributed by atoms with van der Waals surface area (Å²) in [4.78, 5) is 10.0. The van der Waals surface area contributed by atoms with Crippen LogP contribution in [0, 0.1) is 0 Å². The summed E-state index contributed by atoms with van der Waals surface area (Å²) in [6.45, 7) is 4.95. The van der Waals surface area contributed by atoms with Gasteiger partial charge in [0.2, 0.25) is 0 Å². The van der Waals surface area contributed by atoms with Gasteiger partial charge in [0.15, 0.2) is 5.82 Å². The maximum absolute atomic E-state index is 5.01. The lowest BCUT2D eigenvalue weighted by Crippen LogP contribution is -2.49. The van der Waals surface area contributed by atoms with Gasteiger partial charge in [-0.15, -0.1) is 0 Å². The van der Waals surface area contributed by atoms with E-state index in [9.17, 15) is 0 Å². The summed E-state index contributed by atoms with van der Waals surface area (Å²) in [6, 6.07) is 65.2. The molecule has 3 heteroatoms. The van der Waals surface area contributed by atoms with E-state index in [1.807, 2.05) is 36.4 Å². The Bertz CT molecular complexity index is 2460. The monoisotopic (exact) mass is 668 g/mol. The normalized spacial score (nSPS) is 12.7. The number of aromatic nitrogens is 2. The van der Waals surface area contributed by atoms with Crippen LogP contribution < -0.4 is 10.4 Å². The molecule has 0 amide bonds. The predicted octanol–water partition coefficient (Wildman–Crippen LogP) is 11.3. The van der Waals surface area contributed by atoms with Crippen LogP contribution in [-0.2, 0) is 0 Å². The highest BCUT2D eigenvalue weighted by atomic mass is 28.3. The lowest BCUT2D eigenvalue weighted by atomic mass is 9.93. The fourth-order valence-electron chi connectivity index (χ4n) is 7.62. The second-order valence-electron chi connectivity index (χ2n) is 13.8. The van der Waals surface area contributed by atoms with E-state index in [-0.39, 0.29) is 0 Å². The summed E-state index contributed by atoms with van der Waals surface area (Å²) in [5.41, 5.74) is 15.1. The fraction of sp³-hybridized carbons (Fsp3) is 0.0417. The highest BCUT2D eigenvalue weighted by Gasteiger charge is 2.38. The van der Waals surface area contributed by atoms with Gasteiger partial charge in [0.1, 0.15) is 8.07 Å². The Morgan fingerprint density at radius 3 is 1.39 bits per heavy atom. The number of nitrogens with zero attached hydrogens (tertiary/aromatic N) is 2. The van der Waals surface area contributed by atoms with Crippen LogP contribution in [0.4, 0.5) is 0 Å². The Kier molecular flexibility index (Phi) is 7.64. The van der Waals surface area contributed by atoms with Gasteiger partial charge in [0.25, 0.3) is 0 Å². The second-order valence-corrected chi connectivity index (χ2v) is 18.2. The zero-order valence-electron chi connectivity index (χ0n) is 28.7. The third kappa shape index (κ3) is 5.62. The van der Waals surface area contributed by atoms with E-state index < -0.39 is 8.07 Å². The van der Waals surface area contributed by atoms with Crippen LogP contribution in [0.2, 0.25) is 13.1 Å². The summed E-state index contributed by atoms with van der Waals surface area (Å²) < 4.78 is 0. The van der Waals surface area contributed by atoms with Crippen molar-refractivity contribution < 1.29 is 0 Å². The zero-order chi connectivity index (χ0) is 34.4. The van der Waals surface area contributed by atoms with Gasteiger partial charge >= 0.3 is 0 Å². The van der Waals surface area contributed by atoms with Crippen molar-refractivity contribution >= 4 is 18.4 Å². The predicted molar refractivity (Wildman–Crippen MR) is 217 cm³/mol. The van der Waals surface area contributed by atoms with Crippen LogP contribution in [0.3, 0.4) is 0 Å². The van der Waals surface area contributed by atoms with Crippen LogP contribution in [0.5, 0.6) is 0 Å². The van der Waals surface area contributed by atoms with Crippen LogP contribution in [0.25, 0.3) is 78.4 Å². The molecule has 242 valence electrons. The molecule has 0 N–H and O–H groups in total. The van der Waals surface area contributed by atoms with Gasteiger partial charge in [-0.1, -0.05) is 183 Å². The molecular formula is C48H36N2Si.